The number of piperidine rings is 2. The van der Waals surface area contributed by atoms with E-state index >= 15 is 0 Å². The molecule has 3 rings (SSSR count). The van der Waals surface area contributed by atoms with E-state index in [0.717, 1.165) is 36.3 Å². The smallest absolute Gasteiger partial charge is 0.227 e. The van der Waals surface area contributed by atoms with E-state index in [1.54, 1.807) is 0 Å². The number of rotatable bonds is 5. The van der Waals surface area contributed by atoms with Crippen molar-refractivity contribution in [3.63, 3.8) is 0 Å². The first-order chi connectivity index (χ1) is 12.0. The summed E-state index contributed by atoms with van der Waals surface area (Å²) in [4.78, 5) is 28.8. The van der Waals surface area contributed by atoms with Crippen LogP contribution in [0.5, 0.6) is 0 Å². The van der Waals surface area contributed by atoms with Gasteiger partial charge in [0.05, 0.1) is 12.1 Å². The maximum atomic E-state index is 12.7. The molecule has 0 bridgehead atoms. The number of hydrogen-bond donors (Lipinski definition) is 2. The third-order valence-corrected chi connectivity index (χ3v) is 5.66. The van der Waals surface area contributed by atoms with Crippen LogP contribution in [0.1, 0.15) is 42.6 Å². The zero-order chi connectivity index (χ0) is 18.0. The molecule has 2 aliphatic heterocycles. The van der Waals surface area contributed by atoms with E-state index < -0.39 is 0 Å². The Hall–Kier alpha value is -1.89. The maximum Gasteiger partial charge on any atom is 0.227 e. The molecule has 138 valence electrons. The number of aromatic amines is 1. The van der Waals surface area contributed by atoms with Crippen LogP contribution < -0.4 is 0 Å². The Labute approximate surface area is 148 Å². The number of carbonyl (C=O) groups excluding carboxylic acids is 2. The number of H-pyrrole nitrogens is 1. The van der Waals surface area contributed by atoms with Crippen molar-refractivity contribution in [2.75, 3.05) is 26.2 Å². The minimum absolute atomic E-state index is 0.106. The number of fused-ring (bicyclic) bond motifs is 1. The van der Waals surface area contributed by atoms with Crippen molar-refractivity contribution in [2.45, 2.75) is 52.0 Å². The van der Waals surface area contributed by atoms with Crippen LogP contribution in [0.25, 0.3) is 0 Å². The Morgan fingerprint density at radius 3 is 2.84 bits per heavy atom. The van der Waals surface area contributed by atoms with Crippen molar-refractivity contribution in [2.24, 2.45) is 5.92 Å². The van der Waals surface area contributed by atoms with E-state index in [4.69, 9.17) is 5.11 Å². The van der Waals surface area contributed by atoms with Crippen molar-refractivity contribution in [3.8, 4) is 0 Å². The van der Waals surface area contributed by atoms with Gasteiger partial charge in [-0.2, -0.15) is 5.10 Å². The van der Waals surface area contributed by atoms with Gasteiger partial charge in [-0.25, -0.2) is 0 Å². The van der Waals surface area contributed by atoms with Crippen molar-refractivity contribution < 1.29 is 14.7 Å². The second-order valence-electron chi connectivity index (χ2n) is 7.25. The molecule has 0 radical (unpaired) electrons. The van der Waals surface area contributed by atoms with Gasteiger partial charge in [-0.05, 0) is 39.0 Å². The van der Waals surface area contributed by atoms with E-state index in [0.29, 0.717) is 38.3 Å². The van der Waals surface area contributed by atoms with E-state index in [1.165, 1.54) is 0 Å². The molecule has 2 saturated heterocycles. The van der Waals surface area contributed by atoms with Crippen molar-refractivity contribution >= 4 is 11.8 Å². The number of aliphatic hydroxyl groups is 1. The number of aryl methyl sites for hydroxylation is 2. The number of nitrogens with zero attached hydrogens (tertiary/aromatic N) is 3. The second kappa shape index (κ2) is 7.56. The van der Waals surface area contributed by atoms with Gasteiger partial charge in [0.2, 0.25) is 11.8 Å². The predicted octanol–water partition coefficient (Wildman–Crippen LogP) is 0.791. The van der Waals surface area contributed by atoms with Crippen LogP contribution in [0.15, 0.2) is 0 Å². The van der Waals surface area contributed by atoms with Gasteiger partial charge in [-0.1, -0.05) is 0 Å². The zero-order valence-corrected chi connectivity index (χ0v) is 15.1. The van der Waals surface area contributed by atoms with Gasteiger partial charge in [0.25, 0.3) is 0 Å². The molecule has 1 aromatic rings. The van der Waals surface area contributed by atoms with Crippen LogP contribution in [-0.2, 0) is 16.0 Å². The lowest BCUT2D eigenvalue weighted by Crippen LogP contribution is -2.57. The van der Waals surface area contributed by atoms with E-state index in [9.17, 15) is 9.59 Å². The molecule has 0 saturated carbocycles. The van der Waals surface area contributed by atoms with Gasteiger partial charge in [-0.15, -0.1) is 0 Å². The van der Waals surface area contributed by atoms with Gasteiger partial charge in [0.15, 0.2) is 0 Å². The molecule has 2 aliphatic rings. The molecule has 0 spiro atoms. The maximum absolute atomic E-state index is 12.7. The Morgan fingerprint density at radius 1 is 1.36 bits per heavy atom. The third kappa shape index (κ3) is 3.71. The number of aromatic nitrogens is 2. The van der Waals surface area contributed by atoms with E-state index in [2.05, 4.69) is 10.2 Å². The summed E-state index contributed by atoms with van der Waals surface area (Å²) >= 11 is 0. The fraction of sp³-hybridized carbons (Fsp3) is 0.722. The van der Waals surface area contributed by atoms with E-state index in [-0.39, 0.29) is 24.5 Å². The summed E-state index contributed by atoms with van der Waals surface area (Å²) in [6.07, 6.45) is 3.24. The molecule has 2 amide bonds. The van der Waals surface area contributed by atoms with Gasteiger partial charge in [0.1, 0.15) is 0 Å². The number of likely N-dealkylation sites (tertiary alicyclic amines) is 2. The molecule has 7 nitrogen and oxygen atoms in total. The topological polar surface area (TPSA) is 89.5 Å². The average molecular weight is 348 g/mol. The van der Waals surface area contributed by atoms with Gasteiger partial charge in [-0.3, -0.25) is 14.7 Å². The quantitative estimate of drug-likeness (QED) is 0.823. The first kappa shape index (κ1) is 17.9. The highest BCUT2D eigenvalue weighted by Gasteiger charge is 2.40. The Morgan fingerprint density at radius 2 is 2.16 bits per heavy atom. The highest BCUT2D eigenvalue weighted by Crippen LogP contribution is 2.31. The van der Waals surface area contributed by atoms with Crippen LogP contribution in [0.4, 0.5) is 0 Å². The van der Waals surface area contributed by atoms with Crippen LogP contribution >= 0.6 is 0 Å². The van der Waals surface area contributed by atoms with E-state index in [1.807, 2.05) is 23.6 Å². The van der Waals surface area contributed by atoms with Crippen LogP contribution in [0.2, 0.25) is 0 Å². The molecule has 2 fully saturated rings. The summed E-state index contributed by atoms with van der Waals surface area (Å²) in [6.45, 7) is 6.01. The molecule has 3 heterocycles. The largest absolute Gasteiger partial charge is 0.396 e. The monoisotopic (exact) mass is 348 g/mol. The summed E-state index contributed by atoms with van der Waals surface area (Å²) in [6, 6.07) is 0.217. The minimum Gasteiger partial charge on any atom is -0.396 e. The molecular weight excluding hydrogens is 320 g/mol. The lowest BCUT2D eigenvalue weighted by Gasteiger charge is -2.47. The van der Waals surface area contributed by atoms with Gasteiger partial charge in [0, 0.05) is 50.0 Å². The number of carbonyl (C=O) groups is 2. The average Bonchev–Trinajstić information content (AvgIpc) is 2.92. The SMILES string of the molecule is Cc1n[nH]c(C)c1CC(=O)N1CC[C@@H]2[C@@H](CCC(=O)N2CCCO)C1. The Balaban J connectivity index is 1.63. The Kier molecular flexibility index (Phi) is 5.42. The number of amides is 2. The zero-order valence-electron chi connectivity index (χ0n) is 15.1. The highest BCUT2D eigenvalue weighted by molar-refractivity contribution is 5.80. The van der Waals surface area contributed by atoms with Crippen LogP contribution in [0, 0.1) is 19.8 Å². The molecular formula is C18H28N4O3. The molecule has 0 aromatic carbocycles. The molecule has 25 heavy (non-hydrogen) atoms. The summed E-state index contributed by atoms with van der Waals surface area (Å²) in [5, 5.41) is 16.2. The standard InChI is InChI=1S/C18H28N4O3/c1-12-15(13(2)20-19-12)10-18(25)21-8-6-16-14(11-21)4-5-17(24)22(16)7-3-9-23/h14,16,23H,3-11H2,1-2H3,(H,19,20)/t14-,16+/m0/s1. The number of nitrogens with one attached hydrogen (secondary N) is 1. The molecule has 2 N–H and O–H groups in total. The lowest BCUT2D eigenvalue weighted by molar-refractivity contribution is -0.144. The van der Waals surface area contributed by atoms with Crippen molar-refractivity contribution in [3.05, 3.63) is 17.0 Å². The second-order valence-corrected chi connectivity index (χ2v) is 7.25. The summed E-state index contributed by atoms with van der Waals surface area (Å²) in [5.41, 5.74) is 2.84. The molecule has 0 aliphatic carbocycles. The summed E-state index contributed by atoms with van der Waals surface area (Å²) in [7, 11) is 0. The first-order valence-electron chi connectivity index (χ1n) is 9.19. The molecule has 7 heteroatoms. The molecule has 1 aromatic heterocycles. The third-order valence-electron chi connectivity index (χ3n) is 5.66. The fourth-order valence-corrected chi connectivity index (χ4v) is 4.21. The summed E-state index contributed by atoms with van der Waals surface area (Å²) < 4.78 is 0. The Bertz CT molecular complexity index is 623. The highest BCUT2D eigenvalue weighted by atomic mass is 16.3. The first-order valence-corrected chi connectivity index (χ1v) is 9.19. The number of hydrogen-bond acceptors (Lipinski definition) is 4. The summed E-state index contributed by atoms with van der Waals surface area (Å²) in [5.74, 6) is 0.685. The lowest BCUT2D eigenvalue weighted by atomic mass is 9.83. The normalized spacial score (nSPS) is 23.7. The van der Waals surface area contributed by atoms with Crippen molar-refractivity contribution in [1.29, 1.82) is 0 Å². The van der Waals surface area contributed by atoms with Crippen LogP contribution in [-0.4, -0.2) is 69.2 Å². The molecule has 0 unspecified atom stereocenters. The van der Waals surface area contributed by atoms with Crippen LogP contribution in [0.3, 0.4) is 0 Å². The predicted molar refractivity (Wildman–Crippen MR) is 92.9 cm³/mol. The van der Waals surface area contributed by atoms with Gasteiger partial charge < -0.3 is 14.9 Å². The number of aliphatic hydroxyl groups excluding tert-OH is 1. The van der Waals surface area contributed by atoms with Gasteiger partial charge >= 0.3 is 0 Å². The molecule has 2 atom stereocenters. The fourth-order valence-electron chi connectivity index (χ4n) is 4.21. The van der Waals surface area contributed by atoms with Crippen molar-refractivity contribution in [1.82, 2.24) is 20.0 Å². The minimum atomic E-state index is 0.106.